The van der Waals surface area contributed by atoms with Crippen LogP contribution in [-0.2, 0) is 9.47 Å². The van der Waals surface area contributed by atoms with E-state index in [0.29, 0.717) is 44.4 Å². The van der Waals surface area contributed by atoms with Gasteiger partial charge in [0.2, 0.25) is 0 Å². The van der Waals surface area contributed by atoms with Crippen molar-refractivity contribution in [1.82, 2.24) is 4.90 Å². The monoisotopic (exact) mass is 380 g/mol. The van der Waals surface area contributed by atoms with Gasteiger partial charge in [0.25, 0.3) is 0 Å². The number of ether oxygens (including phenoxy) is 2. The number of likely N-dealkylation sites (tertiary alicyclic amines) is 1. The van der Waals surface area contributed by atoms with Crippen molar-refractivity contribution in [2.45, 2.75) is 31.4 Å². The van der Waals surface area contributed by atoms with Gasteiger partial charge in [0, 0.05) is 54.8 Å². The predicted octanol–water partition coefficient (Wildman–Crippen LogP) is 2.67. The van der Waals surface area contributed by atoms with Gasteiger partial charge in [-0.25, -0.2) is 4.79 Å². The van der Waals surface area contributed by atoms with Gasteiger partial charge in [0.15, 0.2) is 0 Å². The first-order chi connectivity index (χ1) is 12.5. The Balaban J connectivity index is 1.57. The number of urea groups is 1. The summed E-state index contributed by atoms with van der Waals surface area (Å²) < 4.78 is 11.2. The number of halogens is 1. The van der Waals surface area contributed by atoms with Crippen LogP contribution in [0.3, 0.4) is 0 Å². The highest BCUT2D eigenvalue weighted by Gasteiger charge is 2.56. The van der Waals surface area contributed by atoms with E-state index in [-0.39, 0.29) is 23.9 Å². The molecule has 0 saturated carbocycles. The zero-order valence-corrected chi connectivity index (χ0v) is 15.7. The Hall–Kier alpha value is -1.34. The van der Waals surface area contributed by atoms with Crippen LogP contribution >= 0.6 is 11.6 Å². The van der Waals surface area contributed by atoms with E-state index < -0.39 is 5.60 Å². The Morgan fingerprint density at radius 2 is 2.15 bits per heavy atom. The van der Waals surface area contributed by atoms with Crippen LogP contribution in [-0.4, -0.2) is 60.7 Å². The fourth-order valence-electron chi connectivity index (χ4n) is 4.65. The molecule has 3 heterocycles. The molecule has 2 N–H and O–H groups in total. The third kappa shape index (κ3) is 3.09. The van der Waals surface area contributed by atoms with Gasteiger partial charge >= 0.3 is 6.03 Å². The second kappa shape index (κ2) is 7.00. The van der Waals surface area contributed by atoms with E-state index in [2.05, 4.69) is 5.32 Å². The minimum absolute atomic E-state index is 0.0179. The maximum absolute atomic E-state index is 13.1. The maximum atomic E-state index is 13.1. The van der Waals surface area contributed by atoms with Crippen molar-refractivity contribution in [3.8, 4) is 0 Å². The summed E-state index contributed by atoms with van der Waals surface area (Å²) in [7, 11) is 0. The number of aliphatic hydroxyl groups is 1. The van der Waals surface area contributed by atoms with Gasteiger partial charge in [0.1, 0.15) is 0 Å². The number of amides is 2. The first kappa shape index (κ1) is 18.0. The summed E-state index contributed by atoms with van der Waals surface area (Å²) in [6.07, 6.45) is 1.35. The molecule has 0 unspecified atom stereocenters. The third-order valence-electron chi connectivity index (χ3n) is 6.14. The smallest absolute Gasteiger partial charge is 0.322 e. The lowest BCUT2D eigenvalue weighted by atomic mass is 9.66. The molecule has 3 saturated heterocycles. The number of benzene rings is 1. The molecule has 1 aromatic rings. The molecular weight excluding hydrogens is 356 g/mol. The van der Waals surface area contributed by atoms with Crippen LogP contribution in [0.5, 0.6) is 0 Å². The van der Waals surface area contributed by atoms with Crippen molar-refractivity contribution in [3.63, 3.8) is 0 Å². The molecule has 7 heteroatoms. The summed E-state index contributed by atoms with van der Waals surface area (Å²) in [6.45, 7) is 4.55. The van der Waals surface area contributed by atoms with Crippen LogP contribution in [0.15, 0.2) is 18.2 Å². The number of hydrogen-bond acceptors (Lipinski definition) is 4. The van der Waals surface area contributed by atoms with Gasteiger partial charge in [-0.05, 0) is 37.1 Å². The van der Waals surface area contributed by atoms with Crippen molar-refractivity contribution in [2.75, 3.05) is 38.3 Å². The Morgan fingerprint density at radius 3 is 2.96 bits per heavy atom. The molecule has 142 valence electrons. The van der Waals surface area contributed by atoms with Crippen molar-refractivity contribution in [1.29, 1.82) is 0 Å². The zero-order chi connectivity index (χ0) is 18.3. The molecule has 6 nitrogen and oxygen atoms in total. The number of carbonyl (C=O) groups is 1. The lowest BCUT2D eigenvalue weighted by Crippen LogP contribution is -2.69. The predicted molar refractivity (Wildman–Crippen MR) is 98.5 cm³/mol. The largest absolute Gasteiger partial charge is 0.389 e. The van der Waals surface area contributed by atoms with Gasteiger partial charge in [-0.1, -0.05) is 11.6 Å². The van der Waals surface area contributed by atoms with Gasteiger partial charge in [-0.2, -0.15) is 0 Å². The van der Waals surface area contributed by atoms with Gasteiger partial charge < -0.3 is 24.8 Å². The van der Waals surface area contributed by atoms with Gasteiger partial charge in [-0.15, -0.1) is 0 Å². The van der Waals surface area contributed by atoms with E-state index >= 15 is 0 Å². The fraction of sp³-hybridized carbons (Fsp3) is 0.632. The molecule has 4 atom stereocenters. The van der Waals surface area contributed by atoms with Crippen LogP contribution in [0, 0.1) is 18.8 Å². The highest BCUT2D eigenvalue weighted by atomic mass is 35.5. The van der Waals surface area contributed by atoms with Crippen LogP contribution in [0.4, 0.5) is 10.5 Å². The molecular formula is C19H25ClN2O4. The molecule has 3 aliphatic heterocycles. The Kier molecular flexibility index (Phi) is 4.86. The third-order valence-corrected chi connectivity index (χ3v) is 6.38. The first-order valence-electron chi connectivity index (χ1n) is 9.20. The van der Waals surface area contributed by atoms with Crippen LogP contribution in [0.1, 0.15) is 18.4 Å². The van der Waals surface area contributed by atoms with Crippen molar-refractivity contribution < 1.29 is 19.4 Å². The number of fused-ring (bicyclic) bond motifs is 3. The summed E-state index contributed by atoms with van der Waals surface area (Å²) in [4.78, 5) is 14.9. The van der Waals surface area contributed by atoms with Gasteiger partial charge in [0.05, 0.1) is 18.8 Å². The SMILES string of the molecule is Cc1cc(Cl)ccc1NC(=O)N1C[C@H]2COCC[C@@]2(O)[C@@H]2COCC[C@@H]21. The van der Waals surface area contributed by atoms with E-state index in [1.165, 1.54) is 0 Å². The molecule has 4 rings (SSSR count). The number of piperidine rings is 1. The molecule has 0 bridgehead atoms. The fourth-order valence-corrected chi connectivity index (χ4v) is 4.87. The summed E-state index contributed by atoms with van der Waals surface area (Å²) in [5, 5.41) is 15.0. The lowest BCUT2D eigenvalue weighted by molar-refractivity contribution is -0.211. The number of aryl methyl sites for hydroxylation is 1. The molecule has 0 spiro atoms. The molecule has 0 radical (unpaired) electrons. The molecule has 1 aromatic carbocycles. The normalized spacial score (nSPS) is 34.0. The van der Waals surface area contributed by atoms with E-state index in [4.69, 9.17) is 21.1 Å². The summed E-state index contributed by atoms with van der Waals surface area (Å²) >= 11 is 6.01. The topological polar surface area (TPSA) is 71.0 Å². The number of nitrogens with one attached hydrogen (secondary N) is 1. The summed E-state index contributed by atoms with van der Waals surface area (Å²) in [5.74, 6) is -0.160. The van der Waals surface area contributed by atoms with Crippen LogP contribution in [0.25, 0.3) is 0 Å². The average molecular weight is 381 g/mol. The quantitative estimate of drug-likeness (QED) is 0.785. The van der Waals surface area contributed by atoms with Crippen molar-refractivity contribution in [3.05, 3.63) is 28.8 Å². The zero-order valence-electron chi connectivity index (χ0n) is 14.9. The maximum Gasteiger partial charge on any atom is 0.322 e. The number of nitrogens with zero attached hydrogens (tertiary/aromatic N) is 1. The second-order valence-corrected chi connectivity index (χ2v) is 8.03. The first-order valence-corrected chi connectivity index (χ1v) is 9.58. The van der Waals surface area contributed by atoms with Crippen molar-refractivity contribution in [2.24, 2.45) is 11.8 Å². The summed E-state index contributed by atoms with van der Waals surface area (Å²) in [6, 6.07) is 5.26. The highest BCUT2D eigenvalue weighted by molar-refractivity contribution is 6.30. The van der Waals surface area contributed by atoms with E-state index in [0.717, 1.165) is 17.7 Å². The second-order valence-electron chi connectivity index (χ2n) is 7.59. The Labute approximate surface area is 158 Å². The number of anilines is 1. The van der Waals surface area contributed by atoms with E-state index in [1.807, 2.05) is 24.0 Å². The molecule has 0 aliphatic carbocycles. The highest BCUT2D eigenvalue weighted by Crippen LogP contribution is 2.44. The van der Waals surface area contributed by atoms with Gasteiger partial charge in [-0.3, -0.25) is 0 Å². The van der Waals surface area contributed by atoms with E-state index in [1.54, 1.807) is 6.07 Å². The molecule has 0 aromatic heterocycles. The molecule has 3 fully saturated rings. The number of rotatable bonds is 1. The molecule has 2 amide bonds. The van der Waals surface area contributed by atoms with Crippen LogP contribution in [0.2, 0.25) is 5.02 Å². The minimum atomic E-state index is -0.809. The van der Waals surface area contributed by atoms with Crippen LogP contribution < -0.4 is 5.32 Å². The minimum Gasteiger partial charge on any atom is -0.389 e. The lowest BCUT2D eigenvalue weighted by Gasteiger charge is -2.56. The van der Waals surface area contributed by atoms with Crippen molar-refractivity contribution >= 4 is 23.3 Å². The Morgan fingerprint density at radius 1 is 1.35 bits per heavy atom. The molecule has 26 heavy (non-hydrogen) atoms. The number of carbonyl (C=O) groups excluding carboxylic acids is 1. The Bertz CT molecular complexity index is 700. The van der Waals surface area contributed by atoms with E-state index in [9.17, 15) is 9.90 Å². The molecule has 3 aliphatic rings. The standard InChI is InChI=1S/C19H25ClN2O4/c1-12-8-14(20)2-3-16(12)21-18(23)22-9-13-10-26-7-5-19(13,24)15-11-25-6-4-17(15)22/h2-3,8,13,15,17,24H,4-7,9-11H2,1H3,(H,21,23)/t13-,15+,17-,19-/m0/s1. The summed E-state index contributed by atoms with van der Waals surface area (Å²) in [5.41, 5.74) is 0.865. The number of hydrogen-bond donors (Lipinski definition) is 2. The average Bonchev–Trinajstić information content (AvgIpc) is 2.63.